The number of amides is 2. The Morgan fingerprint density at radius 1 is 1.24 bits per heavy atom. The molecule has 0 spiro atoms. The first-order valence-electron chi connectivity index (χ1n) is 5.08. The lowest BCUT2D eigenvalue weighted by atomic mass is 10.1. The van der Waals surface area contributed by atoms with Gasteiger partial charge in [0.15, 0.2) is 0 Å². The van der Waals surface area contributed by atoms with Crippen molar-refractivity contribution in [1.82, 2.24) is 5.06 Å². The van der Waals surface area contributed by atoms with Crippen LogP contribution >= 0.6 is 0 Å². The SMILES string of the molecule is [CH2-]c1cccc(C(=O)ON2C(=O)CCC2=O)c1. The summed E-state index contributed by atoms with van der Waals surface area (Å²) in [5, 5.41) is 0.526. The lowest BCUT2D eigenvalue weighted by molar-refractivity contribution is -0.172. The Hall–Kier alpha value is -2.30. The highest BCUT2D eigenvalue weighted by Crippen LogP contribution is 2.14. The fourth-order valence-electron chi connectivity index (χ4n) is 1.49. The Morgan fingerprint density at radius 3 is 2.47 bits per heavy atom. The van der Waals surface area contributed by atoms with Crippen LogP contribution in [0.2, 0.25) is 0 Å². The largest absolute Gasteiger partial charge is 0.351 e. The molecule has 0 aliphatic carbocycles. The molecule has 0 unspecified atom stereocenters. The van der Waals surface area contributed by atoms with Crippen LogP contribution in [0.4, 0.5) is 0 Å². The second-order valence-corrected chi connectivity index (χ2v) is 3.66. The van der Waals surface area contributed by atoms with Gasteiger partial charge in [-0.15, -0.1) is 17.2 Å². The molecule has 0 atom stereocenters. The average Bonchev–Trinajstić information content (AvgIpc) is 2.61. The summed E-state index contributed by atoms with van der Waals surface area (Å²) in [6.45, 7) is 3.67. The lowest BCUT2D eigenvalue weighted by Crippen LogP contribution is -2.32. The van der Waals surface area contributed by atoms with Crippen molar-refractivity contribution < 1.29 is 19.2 Å². The standard InChI is InChI=1S/C12H10NO4/c1-8-3-2-4-9(7-8)12(16)17-13-10(14)5-6-11(13)15/h2-4,7H,1,5-6H2/q-1. The van der Waals surface area contributed by atoms with Crippen LogP contribution in [0.25, 0.3) is 0 Å². The van der Waals surface area contributed by atoms with E-state index in [1.54, 1.807) is 12.1 Å². The van der Waals surface area contributed by atoms with E-state index in [1.165, 1.54) is 12.1 Å². The van der Waals surface area contributed by atoms with Gasteiger partial charge in [-0.3, -0.25) is 9.59 Å². The predicted octanol–water partition coefficient (Wildman–Crippen LogP) is 1.09. The molecule has 2 amide bonds. The van der Waals surface area contributed by atoms with Gasteiger partial charge in [0.2, 0.25) is 0 Å². The highest BCUT2D eigenvalue weighted by molar-refractivity contribution is 6.02. The summed E-state index contributed by atoms with van der Waals surface area (Å²) in [5.74, 6) is -1.72. The molecule has 1 fully saturated rings. The number of hydrogen-bond donors (Lipinski definition) is 0. The van der Waals surface area contributed by atoms with Crippen LogP contribution in [-0.2, 0) is 14.4 Å². The molecule has 5 heteroatoms. The number of nitrogens with zero attached hydrogens (tertiary/aromatic N) is 1. The summed E-state index contributed by atoms with van der Waals surface area (Å²) in [4.78, 5) is 38.9. The summed E-state index contributed by atoms with van der Waals surface area (Å²) >= 11 is 0. The normalized spacial score (nSPS) is 15.2. The van der Waals surface area contributed by atoms with Gasteiger partial charge in [-0.05, 0) is 0 Å². The number of hydroxylamine groups is 2. The summed E-state index contributed by atoms with van der Waals surface area (Å²) < 4.78 is 0. The van der Waals surface area contributed by atoms with Gasteiger partial charge in [0.1, 0.15) is 0 Å². The molecule has 0 radical (unpaired) electrons. The van der Waals surface area contributed by atoms with Crippen molar-refractivity contribution in [1.29, 1.82) is 0 Å². The number of benzene rings is 1. The first-order valence-corrected chi connectivity index (χ1v) is 5.08. The topological polar surface area (TPSA) is 63.7 Å². The van der Waals surface area contributed by atoms with E-state index in [2.05, 4.69) is 6.92 Å². The zero-order valence-corrected chi connectivity index (χ0v) is 9.01. The summed E-state index contributed by atoms with van der Waals surface area (Å²) in [5.41, 5.74) is 0.906. The second kappa shape index (κ2) is 4.29. The van der Waals surface area contributed by atoms with Gasteiger partial charge >= 0.3 is 5.97 Å². The Balaban J connectivity index is 2.12. The molecule has 1 heterocycles. The molecule has 88 valence electrons. The summed E-state index contributed by atoms with van der Waals surface area (Å²) in [6, 6.07) is 6.42. The molecule has 0 bridgehead atoms. The van der Waals surface area contributed by atoms with Crippen LogP contribution in [0.5, 0.6) is 0 Å². The fraction of sp³-hybridized carbons (Fsp3) is 0.167. The van der Waals surface area contributed by atoms with Gasteiger partial charge in [0.25, 0.3) is 11.8 Å². The van der Waals surface area contributed by atoms with E-state index < -0.39 is 17.8 Å². The molecule has 1 aliphatic rings. The quantitative estimate of drug-likeness (QED) is 0.565. The zero-order chi connectivity index (χ0) is 12.4. The maximum Gasteiger partial charge on any atom is 0.351 e. The van der Waals surface area contributed by atoms with Gasteiger partial charge in [-0.2, -0.15) is 18.6 Å². The highest BCUT2D eigenvalue weighted by Gasteiger charge is 2.32. The van der Waals surface area contributed by atoms with Crippen LogP contribution < -0.4 is 0 Å². The Labute approximate surface area is 97.9 Å². The van der Waals surface area contributed by atoms with Crippen molar-refractivity contribution in [3.05, 3.63) is 42.3 Å². The van der Waals surface area contributed by atoms with Gasteiger partial charge in [-0.25, -0.2) is 4.79 Å². The van der Waals surface area contributed by atoms with E-state index in [-0.39, 0.29) is 18.4 Å². The molecule has 0 N–H and O–H groups in total. The van der Waals surface area contributed by atoms with Crippen LogP contribution in [0.3, 0.4) is 0 Å². The van der Waals surface area contributed by atoms with Crippen LogP contribution in [-0.4, -0.2) is 22.8 Å². The number of rotatable bonds is 2. The van der Waals surface area contributed by atoms with Gasteiger partial charge in [0, 0.05) is 18.4 Å². The Kier molecular flexibility index (Phi) is 2.82. The average molecular weight is 232 g/mol. The lowest BCUT2D eigenvalue weighted by Gasteiger charge is -2.14. The van der Waals surface area contributed by atoms with Crippen LogP contribution in [0, 0.1) is 6.92 Å². The summed E-state index contributed by atoms with van der Waals surface area (Å²) in [7, 11) is 0. The first kappa shape index (κ1) is 11.2. The van der Waals surface area contributed by atoms with Gasteiger partial charge < -0.3 is 4.84 Å². The molecule has 5 nitrogen and oxygen atoms in total. The van der Waals surface area contributed by atoms with Gasteiger partial charge in [0.05, 0.1) is 0 Å². The van der Waals surface area contributed by atoms with Crippen LogP contribution in [0.15, 0.2) is 24.3 Å². The van der Waals surface area contributed by atoms with Crippen molar-refractivity contribution in [2.45, 2.75) is 12.8 Å². The Morgan fingerprint density at radius 2 is 1.88 bits per heavy atom. The molecule has 2 rings (SSSR count). The van der Waals surface area contributed by atoms with Gasteiger partial charge in [-0.1, -0.05) is 6.07 Å². The molecular formula is C12H10NO4-. The van der Waals surface area contributed by atoms with Crippen molar-refractivity contribution in [3.63, 3.8) is 0 Å². The van der Waals surface area contributed by atoms with Crippen LogP contribution in [0.1, 0.15) is 28.8 Å². The van der Waals surface area contributed by atoms with Crippen molar-refractivity contribution in [2.24, 2.45) is 0 Å². The predicted molar refractivity (Wildman–Crippen MR) is 57.4 cm³/mol. The third kappa shape index (κ3) is 2.28. The first-order chi connectivity index (χ1) is 8.08. The number of carbonyl (C=O) groups is 3. The molecule has 1 aromatic rings. The van der Waals surface area contributed by atoms with E-state index in [1.807, 2.05) is 0 Å². The molecule has 1 aromatic carbocycles. The zero-order valence-electron chi connectivity index (χ0n) is 9.01. The maximum atomic E-state index is 11.6. The fourth-order valence-corrected chi connectivity index (χ4v) is 1.49. The molecule has 0 saturated carbocycles. The second-order valence-electron chi connectivity index (χ2n) is 3.66. The molecule has 17 heavy (non-hydrogen) atoms. The van der Waals surface area contributed by atoms with E-state index in [9.17, 15) is 14.4 Å². The van der Waals surface area contributed by atoms with Crippen molar-refractivity contribution >= 4 is 17.8 Å². The van der Waals surface area contributed by atoms with E-state index >= 15 is 0 Å². The van der Waals surface area contributed by atoms with Crippen molar-refractivity contribution in [3.8, 4) is 0 Å². The molecule has 1 aliphatic heterocycles. The molecule has 1 saturated heterocycles. The third-order valence-corrected chi connectivity index (χ3v) is 2.34. The van der Waals surface area contributed by atoms with E-state index in [4.69, 9.17) is 4.84 Å². The minimum atomic E-state index is -0.737. The Bertz CT molecular complexity index is 479. The van der Waals surface area contributed by atoms with E-state index in [0.717, 1.165) is 0 Å². The number of carbonyl (C=O) groups excluding carboxylic acids is 3. The number of imide groups is 1. The summed E-state index contributed by atoms with van der Waals surface area (Å²) in [6.07, 6.45) is 0.170. The smallest absolute Gasteiger partial charge is 0.326 e. The van der Waals surface area contributed by atoms with E-state index in [0.29, 0.717) is 10.6 Å². The number of hydrogen-bond acceptors (Lipinski definition) is 4. The van der Waals surface area contributed by atoms with Crippen molar-refractivity contribution in [2.75, 3.05) is 0 Å². The molecule has 0 aromatic heterocycles. The third-order valence-electron chi connectivity index (χ3n) is 2.34. The minimum Gasteiger partial charge on any atom is -0.326 e. The minimum absolute atomic E-state index is 0.0848. The highest BCUT2D eigenvalue weighted by atomic mass is 16.7. The maximum absolute atomic E-state index is 11.6. The monoisotopic (exact) mass is 232 g/mol. The molecular weight excluding hydrogens is 222 g/mol.